The van der Waals surface area contributed by atoms with E-state index >= 15 is 0 Å². The minimum atomic E-state index is -0.477. The molecule has 0 aromatic heterocycles. The third-order valence-electron chi connectivity index (χ3n) is 2.65. The zero-order valence-corrected chi connectivity index (χ0v) is 12.0. The van der Waals surface area contributed by atoms with E-state index in [1.807, 2.05) is 0 Å². The van der Waals surface area contributed by atoms with E-state index < -0.39 is 11.9 Å². The molecule has 0 aliphatic carbocycles. The summed E-state index contributed by atoms with van der Waals surface area (Å²) in [7, 11) is 2.81. The van der Waals surface area contributed by atoms with Crippen LogP contribution in [0.2, 0.25) is 0 Å². The molecule has 0 aliphatic heterocycles. The highest BCUT2D eigenvalue weighted by Crippen LogP contribution is 2.11. The van der Waals surface area contributed by atoms with Crippen LogP contribution in [0.25, 0.3) is 0 Å². The number of benzene rings is 1. The van der Waals surface area contributed by atoms with Crippen molar-refractivity contribution < 1.29 is 23.9 Å². The van der Waals surface area contributed by atoms with Crippen molar-refractivity contribution >= 4 is 17.8 Å². The fourth-order valence-electron chi connectivity index (χ4n) is 1.49. The third kappa shape index (κ3) is 6.42. The molecule has 0 radical (unpaired) electrons. The summed E-state index contributed by atoms with van der Waals surface area (Å²) in [5.74, 6) is -0.583. The minimum Gasteiger partial charge on any atom is -0.497 e. The first-order valence-electron chi connectivity index (χ1n) is 6.32. The van der Waals surface area contributed by atoms with E-state index in [1.54, 1.807) is 31.4 Å². The summed E-state index contributed by atoms with van der Waals surface area (Å²) >= 11 is 0. The van der Waals surface area contributed by atoms with Gasteiger partial charge >= 0.3 is 5.97 Å². The number of rotatable bonds is 6. The summed E-state index contributed by atoms with van der Waals surface area (Å²) < 4.78 is 9.42. The Bertz CT molecular complexity index is 499. The van der Waals surface area contributed by atoms with E-state index in [9.17, 15) is 14.4 Å². The Balaban J connectivity index is 2.29. The summed E-state index contributed by atoms with van der Waals surface area (Å²) in [6, 6.07) is 7.02. The van der Waals surface area contributed by atoms with Gasteiger partial charge in [0.25, 0.3) is 0 Å². The number of ether oxygens (including phenoxy) is 2. The number of amides is 2. The van der Waals surface area contributed by atoms with Gasteiger partial charge in [0.2, 0.25) is 11.8 Å². The van der Waals surface area contributed by atoms with Crippen molar-refractivity contribution in [1.29, 1.82) is 0 Å². The topological polar surface area (TPSA) is 93.7 Å². The highest BCUT2D eigenvalue weighted by Gasteiger charge is 2.08. The molecular weight excluding hydrogens is 276 g/mol. The maximum absolute atomic E-state index is 11.6. The van der Waals surface area contributed by atoms with Gasteiger partial charge in [-0.25, -0.2) is 0 Å². The Labute approximate surface area is 122 Å². The average Bonchev–Trinajstić information content (AvgIpc) is 2.51. The monoisotopic (exact) mass is 294 g/mol. The predicted molar refractivity (Wildman–Crippen MR) is 74.2 cm³/mol. The first-order valence-corrected chi connectivity index (χ1v) is 6.32. The molecule has 0 heterocycles. The number of methoxy groups -OCH3 is 2. The van der Waals surface area contributed by atoms with Gasteiger partial charge in [-0.1, -0.05) is 12.1 Å². The van der Waals surface area contributed by atoms with Crippen molar-refractivity contribution in [2.45, 2.75) is 19.3 Å². The lowest BCUT2D eigenvalue weighted by atomic mass is 10.1. The number of carbonyl (C=O) groups excluding carboxylic acids is 3. The lowest BCUT2D eigenvalue weighted by Gasteiger charge is -2.07. The smallest absolute Gasteiger partial charge is 0.306 e. The van der Waals surface area contributed by atoms with Gasteiger partial charge in [0, 0.05) is 6.42 Å². The van der Waals surface area contributed by atoms with E-state index in [-0.39, 0.29) is 25.2 Å². The van der Waals surface area contributed by atoms with Crippen molar-refractivity contribution in [1.82, 2.24) is 10.9 Å². The summed E-state index contributed by atoms with van der Waals surface area (Å²) in [6.07, 6.45) is 0.0491. The SMILES string of the molecule is COC(=O)CCC(=O)NNC(=O)Cc1ccc(OC)cc1. The third-order valence-corrected chi connectivity index (χ3v) is 2.65. The van der Waals surface area contributed by atoms with Crippen LogP contribution in [0.4, 0.5) is 0 Å². The van der Waals surface area contributed by atoms with Gasteiger partial charge in [0.15, 0.2) is 0 Å². The van der Waals surface area contributed by atoms with E-state index in [2.05, 4.69) is 15.6 Å². The zero-order valence-electron chi connectivity index (χ0n) is 12.0. The van der Waals surface area contributed by atoms with E-state index in [1.165, 1.54) is 7.11 Å². The molecule has 1 aromatic carbocycles. The van der Waals surface area contributed by atoms with Gasteiger partial charge in [-0.3, -0.25) is 25.2 Å². The summed E-state index contributed by atoms with van der Waals surface area (Å²) in [6.45, 7) is 0. The molecule has 2 N–H and O–H groups in total. The molecule has 0 bridgehead atoms. The zero-order chi connectivity index (χ0) is 15.7. The lowest BCUT2D eigenvalue weighted by molar-refractivity contribution is -0.142. The van der Waals surface area contributed by atoms with E-state index in [4.69, 9.17) is 4.74 Å². The quantitative estimate of drug-likeness (QED) is 0.583. The molecule has 1 aromatic rings. The molecule has 2 amide bonds. The van der Waals surface area contributed by atoms with Gasteiger partial charge in [-0.2, -0.15) is 0 Å². The number of esters is 1. The maximum atomic E-state index is 11.6. The second kappa shape index (κ2) is 8.57. The van der Waals surface area contributed by atoms with Crippen molar-refractivity contribution in [3.8, 4) is 5.75 Å². The first kappa shape index (κ1) is 16.5. The number of hydrogen-bond donors (Lipinski definition) is 2. The van der Waals surface area contributed by atoms with Crippen molar-refractivity contribution in [3.63, 3.8) is 0 Å². The molecule has 0 aliphatic rings. The van der Waals surface area contributed by atoms with Crippen LogP contribution in [-0.2, 0) is 25.5 Å². The summed E-state index contributed by atoms with van der Waals surface area (Å²) in [4.78, 5) is 33.8. The second-order valence-electron chi connectivity index (χ2n) is 4.20. The Kier molecular flexibility index (Phi) is 6.73. The fourth-order valence-corrected chi connectivity index (χ4v) is 1.49. The number of hydrazine groups is 1. The molecule has 1 rings (SSSR count). The Morgan fingerprint density at radius 2 is 1.57 bits per heavy atom. The number of carbonyl (C=O) groups is 3. The van der Waals surface area contributed by atoms with Crippen LogP contribution in [0.5, 0.6) is 5.75 Å². The lowest BCUT2D eigenvalue weighted by Crippen LogP contribution is -2.42. The van der Waals surface area contributed by atoms with Crippen LogP contribution in [-0.4, -0.2) is 32.0 Å². The largest absolute Gasteiger partial charge is 0.497 e. The van der Waals surface area contributed by atoms with Gasteiger partial charge in [0.1, 0.15) is 5.75 Å². The molecule has 0 atom stereocenters. The minimum absolute atomic E-state index is 0.0311. The highest BCUT2D eigenvalue weighted by atomic mass is 16.5. The van der Waals surface area contributed by atoms with Crippen molar-refractivity contribution in [2.24, 2.45) is 0 Å². The summed E-state index contributed by atoms with van der Waals surface area (Å²) in [5, 5.41) is 0. The van der Waals surface area contributed by atoms with Crippen molar-refractivity contribution in [3.05, 3.63) is 29.8 Å². The van der Waals surface area contributed by atoms with Crippen LogP contribution in [0.1, 0.15) is 18.4 Å². The molecule has 0 saturated heterocycles. The van der Waals surface area contributed by atoms with Crippen LogP contribution in [0, 0.1) is 0 Å². The second-order valence-corrected chi connectivity index (χ2v) is 4.20. The Morgan fingerprint density at radius 3 is 2.14 bits per heavy atom. The van der Waals surface area contributed by atoms with Crippen LogP contribution in [0.3, 0.4) is 0 Å². The molecule has 7 nitrogen and oxygen atoms in total. The molecule has 0 spiro atoms. The fraction of sp³-hybridized carbons (Fsp3) is 0.357. The van der Waals surface area contributed by atoms with Gasteiger partial charge in [-0.15, -0.1) is 0 Å². The predicted octanol–water partition coefficient (Wildman–Crippen LogP) is 0.338. The molecule has 21 heavy (non-hydrogen) atoms. The standard InChI is InChI=1S/C14H18N2O5/c1-20-11-5-3-10(4-6-11)9-13(18)16-15-12(17)7-8-14(19)21-2/h3-6H,7-9H2,1-2H3,(H,15,17)(H,16,18). The van der Waals surface area contributed by atoms with Crippen molar-refractivity contribution in [2.75, 3.05) is 14.2 Å². The summed E-state index contributed by atoms with van der Waals surface area (Å²) in [5.41, 5.74) is 5.30. The molecule has 7 heteroatoms. The molecule has 114 valence electrons. The molecule has 0 saturated carbocycles. The Morgan fingerprint density at radius 1 is 0.952 bits per heavy atom. The average molecular weight is 294 g/mol. The first-order chi connectivity index (χ1) is 10.0. The molecule has 0 unspecified atom stereocenters. The number of hydrogen-bond acceptors (Lipinski definition) is 5. The Hall–Kier alpha value is -2.57. The van der Waals surface area contributed by atoms with Gasteiger partial charge in [0.05, 0.1) is 27.1 Å². The van der Waals surface area contributed by atoms with E-state index in [0.29, 0.717) is 5.75 Å². The highest BCUT2D eigenvalue weighted by molar-refractivity contribution is 5.85. The molecular formula is C14H18N2O5. The number of nitrogens with one attached hydrogen (secondary N) is 2. The maximum Gasteiger partial charge on any atom is 0.306 e. The van der Waals surface area contributed by atoms with Crippen LogP contribution < -0.4 is 15.6 Å². The molecule has 0 fully saturated rings. The van der Waals surface area contributed by atoms with E-state index in [0.717, 1.165) is 5.56 Å². The van der Waals surface area contributed by atoms with Crippen LogP contribution >= 0.6 is 0 Å². The van der Waals surface area contributed by atoms with Gasteiger partial charge < -0.3 is 9.47 Å². The van der Waals surface area contributed by atoms with Gasteiger partial charge in [-0.05, 0) is 17.7 Å². The van der Waals surface area contributed by atoms with Crippen LogP contribution in [0.15, 0.2) is 24.3 Å². The normalized spacial score (nSPS) is 9.62.